The molecule has 0 fully saturated rings. The van der Waals surface area contributed by atoms with Crippen LogP contribution >= 0.6 is 0 Å². The molecule has 2 rings (SSSR count). The molecule has 126 valence electrons. The van der Waals surface area contributed by atoms with Crippen LogP contribution in [0.4, 0.5) is 24.5 Å². The van der Waals surface area contributed by atoms with Crippen molar-refractivity contribution in [2.75, 3.05) is 17.7 Å². The van der Waals surface area contributed by atoms with Gasteiger partial charge in [-0.3, -0.25) is 4.79 Å². The first-order valence-corrected chi connectivity index (χ1v) is 6.75. The topological polar surface area (TPSA) is 81.4 Å². The second-order valence-corrected chi connectivity index (χ2v) is 4.82. The number of amides is 1. The fourth-order valence-corrected chi connectivity index (χ4v) is 1.80. The maximum Gasteiger partial charge on any atom is 0.416 e. The molecule has 0 spiro atoms. The van der Waals surface area contributed by atoms with E-state index in [2.05, 4.69) is 5.32 Å². The molecule has 0 unspecified atom stereocenters. The molecular formula is C16H13F3N2O3. The normalized spacial score (nSPS) is 11.0. The first kappa shape index (κ1) is 17.3. The van der Waals surface area contributed by atoms with Crippen LogP contribution in [0.25, 0.3) is 0 Å². The highest BCUT2D eigenvalue weighted by Crippen LogP contribution is 2.30. The Morgan fingerprint density at radius 2 is 1.75 bits per heavy atom. The maximum atomic E-state index is 12.6. The van der Waals surface area contributed by atoms with E-state index in [-0.39, 0.29) is 11.3 Å². The summed E-state index contributed by atoms with van der Waals surface area (Å²) in [6, 6.07) is 10.0. The van der Waals surface area contributed by atoms with Crippen molar-refractivity contribution in [3.8, 4) is 0 Å². The van der Waals surface area contributed by atoms with Gasteiger partial charge in [0.2, 0.25) is 0 Å². The van der Waals surface area contributed by atoms with Gasteiger partial charge in [0.15, 0.2) is 6.61 Å². The van der Waals surface area contributed by atoms with Crippen molar-refractivity contribution < 1.29 is 27.5 Å². The number of nitrogens with one attached hydrogen (secondary N) is 1. The number of esters is 1. The number of hydrogen-bond donors (Lipinski definition) is 2. The molecule has 0 heterocycles. The van der Waals surface area contributed by atoms with Gasteiger partial charge < -0.3 is 15.8 Å². The van der Waals surface area contributed by atoms with Crippen molar-refractivity contribution in [1.29, 1.82) is 0 Å². The molecular weight excluding hydrogens is 325 g/mol. The van der Waals surface area contributed by atoms with Gasteiger partial charge in [0, 0.05) is 11.4 Å². The molecule has 0 radical (unpaired) electrons. The van der Waals surface area contributed by atoms with Crippen LogP contribution in [0.15, 0.2) is 48.5 Å². The molecule has 0 atom stereocenters. The summed E-state index contributed by atoms with van der Waals surface area (Å²) in [5.41, 5.74) is 5.22. The molecule has 24 heavy (non-hydrogen) atoms. The number of ether oxygens (including phenoxy) is 1. The molecule has 8 heteroatoms. The van der Waals surface area contributed by atoms with Gasteiger partial charge in [-0.1, -0.05) is 6.07 Å². The Labute approximate surface area is 135 Å². The molecule has 0 aromatic heterocycles. The first-order valence-electron chi connectivity index (χ1n) is 6.75. The zero-order chi connectivity index (χ0) is 17.7. The van der Waals surface area contributed by atoms with Gasteiger partial charge in [-0.15, -0.1) is 0 Å². The monoisotopic (exact) mass is 338 g/mol. The minimum Gasteiger partial charge on any atom is -0.452 e. The molecule has 0 bridgehead atoms. The number of hydrogen-bond acceptors (Lipinski definition) is 4. The Balaban J connectivity index is 1.92. The Morgan fingerprint density at radius 3 is 2.38 bits per heavy atom. The SMILES string of the molecule is Nc1ccc(C(=O)OCC(=O)Nc2cccc(C(F)(F)F)c2)cc1. The molecule has 0 aliphatic carbocycles. The van der Waals surface area contributed by atoms with Crippen molar-refractivity contribution in [1.82, 2.24) is 0 Å². The predicted octanol–water partition coefficient (Wildman–Crippen LogP) is 3.08. The fourth-order valence-electron chi connectivity index (χ4n) is 1.80. The fraction of sp³-hybridized carbons (Fsp3) is 0.125. The van der Waals surface area contributed by atoms with E-state index >= 15 is 0 Å². The highest BCUT2D eigenvalue weighted by Gasteiger charge is 2.30. The Hall–Kier alpha value is -3.03. The molecule has 0 aliphatic heterocycles. The summed E-state index contributed by atoms with van der Waals surface area (Å²) in [4.78, 5) is 23.4. The summed E-state index contributed by atoms with van der Waals surface area (Å²) < 4.78 is 42.5. The molecule has 0 saturated heterocycles. The minimum atomic E-state index is -4.51. The zero-order valence-corrected chi connectivity index (χ0v) is 12.3. The van der Waals surface area contributed by atoms with E-state index in [1.165, 1.54) is 36.4 Å². The average molecular weight is 338 g/mol. The number of rotatable bonds is 4. The van der Waals surface area contributed by atoms with Crippen LogP contribution in [-0.4, -0.2) is 18.5 Å². The molecule has 0 saturated carbocycles. The lowest BCUT2D eigenvalue weighted by atomic mass is 10.2. The maximum absolute atomic E-state index is 12.6. The van der Waals surface area contributed by atoms with E-state index in [0.717, 1.165) is 12.1 Å². The van der Waals surface area contributed by atoms with Gasteiger partial charge in [0.25, 0.3) is 5.91 Å². The first-order chi connectivity index (χ1) is 11.3. The van der Waals surface area contributed by atoms with Crippen LogP contribution in [0.3, 0.4) is 0 Å². The Kier molecular flexibility index (Phi) is 5.08. The third-order valence-electron chi connectivity index (χ3n) is 2.95. The summed E-state index contributed by atoms with van der Waals surface area (Å²) in [6.45, 7) is -0.626. The van der Waals surface area contributed by atoms with Gasteiger partial charge in [-0.05, 0) is 42.5 Å². The van der Waals surface area contributed by atoms with Gasteiger partial charge >= 0.3 is 12.1 Å². The van der Waals surface area contributed by atoms with Crippen LogP contribution in [0.1, 0.15) is 15.9 Å². The predicted molar refractivity (Wildman–Crippen MR) is 81.2 cm³/mol. The number of nitrogens with two attached hydrogens (primary N) is 1. The van der Waals surface area contributed by atoms with E-state index in [1.54, 1.807) is 0 Å². The summed E-state index contributed by atoms with van der Waals surface area (Å²) in [5.74, 6) is -1.49. The molecule has 1 amide bonds. The number of alkyl halides is 3. The lowest BCUT2D eigenvalue weighted by Crippen LogP contribution is -2.21. The molecule has 3 N–H and O–H groups in total. The number of anilines is 2. The number of halogens is 3. The van der Waals surface area contributed by atoms with Crippen LogP contribution in [-0.2, 0) is 15.7 Å². The lowest BCUT2D eigenvalue weighted by Gasteiger charge is -2.10. The van der Waals surface area contributed by atoms with Crippen molar-refractivity contribution in [2.24, 2.45) is 0 Å². The standard InChI is InChI=1S/C16H13F3N2O3/c17-16(18,19)11-2-1-3-13(8-11)21-14(22)9-24-15(23)10-4-6-12(20)7-5-10/h1-8H,9,20H2,(H,21,22). The highest BCUT2D eigenvalue weighted by atomic mass is 19.4. The smallest absolute Gasteiger partial charge is 0.416 e. The quantitative estimate of drug-likeness (QED) is 0.663. The third kappa shape index (κ3) is 4.73. The average Bonchev–Trinajstić information content (AvgIpc) is 2.53. The van der Waals surface area contributed by atoms with E-state index in [9.17, 15) is 22.8 Å². The van der Waals surface area contributed by atoms with Gasteiger partial charge in [0.1, 0.15) is 0 Å². The number of nitrogen functional groups attached to an aromatic ring is 1. The Bertz CT molecular complexity index is 743. The van der Waals surface area contributed by atoms with Crippen molar-refractivity contribution in [3.05, 3.63) is 59.7 Å². The molecule has 5 nitrogen and oxygen atoms in total. The Morgan fingerprint density at radius 1 is 1.08 bits per heavy atom. The van der Waals surface area contributed by atoms with Gasteiger partial charge in [-0.25, -0.2) is 4.79 Å². The number of carbonyl (C=O) groups is 2. The zero-order valence-electron chi connectivity index (χ0n) is 12.3. The van der Waals surface area contributed by atoms with Crippen LogP contribution in [0.5, 0.6) is 0 Å². The van der Waals surface area contributed by atoms with Gasteiger partial charge in [0.05, 0.1) is 11.1 Å². The van der Waals surface area contributed by atoms with Crippen LogP contribution in [0.2, 0.25) is 0 Å². The van der Waals surface area contributed by atoms with Crippen LogP contribution in [0, 0.1) is 0 Å². The largest absolute Gasteiger partial charge is 0.452 e. The van der Waals surface area contributed by atoms with E-state index in [0.29, 0.717) is 5.69 Å². The van der Waals surface area contributed by atoms with Crippen molar-refractivity contribution in [3.63, 3.8) is 0 Å². The van der Waals surface area contributed by atoms with Crippen molar-refractivity contribution >= 4 is 23.3 Å². The second kappa shape index (κ2) is 7.03. The molecule has 0 aliphatic rings. The third-order valence-corrected chi connectivity index (χ3v) is 2.95. The highest BCUT2D eigenvalue weighted by molar-refractivity contribution is 5.95. The summed E-state index contributed by atoms with van der Waals surface area (Å²) in [7, 11) is 0. The van der Waals surface area contributed by atoms with E-state index in [4.69, 9.17) is 10.5 Å². The second-order valence-electron chi connectivity index (χ2n) is 4.82. The molecule has 2 aromatic carbocycles. The summed E-state index contributed by atoms with van der Waals surface area (Å²) in [5, 5.41) is 2.23. The van der Waals surface area contributed by atoms with E-state index in [1.807, 2.05) is 0 Å². The number of benzene rings is 2. The van der Waals surface area contributed by atoms with Crippen molar-refractivity contribution in [2.45, 2.75) is 6.18 Å². The van der Waals surface area contributed by atoms with Gasteiger partial charge in [-0.2, -0.15) is 13.2 Å². The minimum absolute atomic E-state index is 0.0432. The van der Waals surface area contributed by atoms with E-state index < -0.39 is 30.2 Å². The van der Waals surface area contributed by atoms with Crippen LogP contribution < -0.4 is 11.1 Å². The lowest BCUT2D eigenvalue weighted by molar-refractivity contribution is -0.137. The molecule has 2 aromatic rings. The number of carbonyl (C=O) groups excluding carboxylic acids is 2. The summed E-state index contributed by atoms with van der Waals surface area (Å²) >= 11 is 0. The summed E-state index contributed by atoms with van der Waals surface area (Å²) in [6.07, 6.45) is -4.51.